The molecular weight excluding hydrogens is 247 g/mol. The molecule has 0 radical (unpaired) electrons. The monoisotopic (exact) mass is 262 g/mol. The number of rotatable bonds is 3. The van der Waals surface area contributed by atoms with E-state index in [1.807, 2.05) is 0 Å². The molecular formula is C14H15FN2O2. The molecule has 0 saturated carbocycles. The van der Waals surface area contributed by atoms with Crippen molar-refractivity contribution in [2.45, 2.75) is 20.0 Å². The van der Waals surface area contributed by atoms with Crippen molar-refractivity contribution in [1.29, 1.82) is 0 Å². The van der Waals surface area contributed by atoms with Crippen LogP contribution in [-0.4, -0.2) is 28.6 Å². The standard InChI is InChI=1S/C14H15FN2O2/c1-8(18)7-16-14(19)12-5-10-3-4-11(15)6-13(10)17-9(12)2/h3-6,8,18H,7H2,1-2H3,(H,16,19). The summed E-state index contributed by atoms with van der Waals surface area (Å²) >= 11 is 0. The number of pyridine rings is 1. The third-order valence-electron chi connectivity index (χ3n) is 2.77. The molecule has 1 amide bonds. The van der Waals surface area contributed by atoms with Gasteiger partial charge in [-0.3, -0.25) is 9.78 Å². The number of carbonyl (C=O) groups is 1. The second kappa shape index (κ2) is 5.32. The highest BCUT2D eigenvalue weighted by atomic mass is 19.1. The molecule has 4 nitrogen and oxygen atoms in total. The van der Waals surface area contributed by atoms with Crippen LogP contribution in [0.15, 0.2) is 24.3 Å². The maximum Gasteiger partial charge on any atom is 0.253 e. The Morgan fingerprint density at radius 2 is 2.21 bits per heavy atom. The molecule has 0 spiro atoms. The minimum atomic E-state index is -0.605. The summed E-state index contributed by atoms with van der Waals surface area (Å²) in [6.45, 7) is 3.47. The number of halogens is 1. The number of aryl methyl sites for hydroxylation is 1. The second-order valence-corrected chi connectivity index (χ2v) is 4.52. The largest absolute Gasteiger partial charge is 0.392 e. The lowest BCUT2D eigenvalue weighted by molar-refractivity contribution is 0.0923. The number of aliphatic hydroxyl groups excluding tert-OH is 1. The number of fused-ring (bicyclic) bond motifs is 1. The molecule has 1 heterocycles. The van der Waals surface area contributed by atoms with Gasteiger partial charge in [-0.2, -0.15) is 0 Å². The van der Waals surface area contributed by atoms with E-state index < -0.39 is 6.10 Å². The fourth-order valence-corrected chi connectivity index (χ4v) is 1.80. The molecule has 0 fully saturated rings. The maximum atomic E-state index is 13.1. The minimum Gasteiger partial charge on any atom is -0.392 e. The predicted octanol–water partition coefficient (Wildman–Crippen LogP) is 1.79. The van der Waals surface area contributed by atoms with Gasteiger partial charge in [-0.15, -0.1) is 0 Å². The molecule has 5 heteroatoms. The fraction of sp³-hybridized carbons (Fsp3) is 0.286. The molecule has 2 aromatic rings. The number of amides is 1. The second-order valence-electron chi connectivity index (χ2n) is 4.52. The van der Waals surface area contributed by atoms with Gasteiger partial charge < -0.3 is 10.4 Å². The Morgan fingerprint density at radius 3 is 2.89 bits per heavy atom. The Hall–Kier alpha value is -2.01. The molecule has 0 saturated heterocycles. The Kier molecular flexibility index (Phi) is 3.76. The quantitative estimate of drug-likeness (QED) is 0.886. The highest BCUT2D eigenvalue weighted by Gasteiger charge is 2.12. The first kappa shape index (κ1) is 13.4. The fourth-order valence-electron chi connectivity index (χ4n) is 1.80. The van der Waals surface area contributed by atoms with Crippen molar-refractivity contribution in [3.63, 3.8) is 0 Å². The highest BCUT2D eigenvalue weighted by Crippen LogP contribution is 2.17. The van der Waals surface area contributed by atoms with E-state index in [4.69, 9.17) is 5.11 Å². The average molecular weight is 262 g/mol. The summed E-state index contributed by atoms with van der Waals surface area (Å²) in [5.74, 6) is -0.650. The van der Waals surface area contributed by atoms with Crippen molar-refractivity contribution in [1.82, 2.24) is 10.3 Å². The predicted molar refractivity (Wildman–Crippen MR) is 70.5 cm³/mol. The molecule has 2 N–H and O–H groups in total. The van der Waals surface area contributed by atoms with Crippen molar-refractivity contribution in [3.8, 4) is 0 Å². The highest BCUT2D eigenvalue weighted by molar-refractivity contribution is 5.98. The van der Waals surface area contributed by atoms with Crippen LogP contribution in [0.5, 0.6) is 0 Å². The molecule has 1 aromatic carbocycles. The van der Waals surface area contributed by atoms with Crippen LogP contribution in [0.4, 0.5) is 4.39 Å². The number of nitrogens with one attached hydrogen (secondary N) is 1. The van der Waals surface area contributed by atoms with Gasteiger partial charge in [-0.25, -0.2) is 4.39 Å². The number of aromatic nitrogens is 1. The third-order valence-corrected chi connectivity index (χ3v) is 2.77. The number of benzene rings is 1. The van der Waals surface area contributed by atoms with Crippen LogP contribution in [0, 0.1) is 12.7 Å². The van der Waals surface area contributed by atoms with Gasteiger partial charge in [-0.05, 0) is 32.0 Å². The molecule has 0 aliphatic carbocycles. The molecule has 1 aromatic heterocycles. The smallest absolute Gasteiger partial charge is 0.253 e. The Balaban J connectivity index is 2.36. The van der Waals surface area contributed by atoms with Crippen LogP contribution < -0.4 is 5.32 Å². The summed E-state index contributed by atoms with van der Waals surface area (Å²) in [5, 5.41) is 12.5. The summed E-state index contributed by atoms with van der Waals surface area (Å²) in [5.41, 5.74) is 1.48. The van der Waals surface area contributed by atoms with Crippen LogP contribution in [0.1, 0.15) is 23.0 Å². The normalized spacial score (nSPS) is 12.4. The molecule has 100 valence electrons. The van der Waals surface area contributed by atoms with Crippen LogP contribution in [0.25, 0.3) is 10.9 Å². The summed E-state index contributed by atoms with van der Waals surface area (Å²) in [4.78, 5) is 16.2. The number of hydrogen-bond donors (Lipinski definition) is 2. The molecule has 1 unspecified atom stereocenters. The maximum absolute atomic E-state index is 13.1. The summed E-state index contributed by atoms with van der Waals surface area (Å²) in [6, 6.07) is 5.92. The minimum absolute atomic E-state index is 0.180. The molecule has 19 heavy (non-hydrogen) atoms. The van der Waals surface area contributed by atoms with E-state index in [0.717, 1.165) is 0 Å². The van der Waals surface area contributed by atoms with Gasteiger partial charge in [0.1, 0.15) is 5.82 Å². The zero-order valence-electron chi connectivity index (χ0n) is 10.8. The van der Waals surface area contributed by atoms with Gasteiger partial charge >= 0.3 is 0 Å². The molecule has 0 aliphatic heterocycles. The van der Waals surface area contributed by atoms with Gasteiger partial charge in [-0.1, -0.05) is 0 Å². The van der Waals surface area contributed by atoms with Crippen molar-refractivity contribution in [3.05, 3.63) is 41.3 Å². The first-order valence-corrected chi connectivity index (χ1v) is 6.00. The first-order valence-electron chi connectivity index (χ1n) is 6.00. The van der Waals surface area contributed by atoms with Crippen LogP contribution in [0.3, 0.4) is 0 Å². The lowest BCUT2D eigenvalue weighted by Crippen LogP contribution is -2.31. The van der Waals surface area contributed by atoms with Crippen LogP contribution >= 0.6 is 0 Å². The van der Waals surface area contributed by atoms with Crippen molar-refractivity contribution in [2.24, 2.45) is 0 Å². The number of aliphatic hydroxyl groups is 1. The number of carbonyl (C=O) groups excluding carboxylic acids is 1. The SMILES string of the molecule is Cc1nc2cc(F)ccc2cc1C(=O)NCC(C)O. The molecule has 0 bridgehead atoms. The van der Waals surface area contributed by atoms with Crippen LogP contribution in [-0.2, 0) is 0 Å². The van der Waals surface area contributed by atoms with Gasteiger partial charge in [0.2, 0.25) is 0 Å². The topological polar surface area (TPSA) is 62.2 Å². The van der Waals surface area contributed by atoms with Crippen molar-refractivity contribution in [2.75, 3.05) is 6.54 Å². The van der Waals surface area contributed by atoms with E-state index in [-0.39, 0.29) is 18.3 Å². The first-order chi connectivity index (χ1) is 8.97. The molecule has 0 aliphatic rings. The summed E-state index contributed by atoms with van der Waals surface area (Å²) < 4.78 is 13.1. The van der Waals surface area contributed by atoms with E-state index in [2.05, 4.69) is 10.3 Å². The number of nitrogens with zero attached hydrogens (tertiary/aromatic N) is 1. The van der Waals surface area contributed by atoms with Crippen LogP contribution in [0.2, 0.25) is 0 Å². The van der Waals surface area contributed by atoms with E-state index >= 15 is 0 Å². The average Bonchev–Trinajstić information content (AvgIpc) is 2.35. The van der Waals surface area contributed by atoms with Gasteiger partial charge in [0.05, 0.1) is 22.9 Å². The van der Waals surface area contributed by atoms with E-state index in [1.165, 1.54) is 12.1 Å². The Morgan fingerprint density at radius 1 is 1.47 bits per heavy atom. The Bertz CT molecular complexity index is 626. The van der Waals surface area contributed by atoms with Gasteiger partial charge in [0, 0.05) is 18.0 Å². The molecule has 1 atom stereocenters. The summed E-state index contributed by atoms with van der Waals surface area (Å²) in [6.07, 6.45) is -0.605. The lowest BCUT2D eigenvalue weighted by Gasteiger charge is -2.10. The van der Waals surface area contributed by atoms with Gasteiger partial charge in [0.25, 0.3) is 5.91 Å². The lowest BCUT2D eigenvalue weighted by atomic mass is 10.1. The van der Waals surface area contributed by atoms with E-state index in [9.17, 15) is 9.18 Å². The molecule has 2 rings (SSSR count). The zero-order chi connectivity index (χ0) is 14.0. The van der Waals surface area contributed by atoms with E-state index in [1.54, 1.807) is 26.0 Å². The third kappa shape index (κ3) is 3.06. The Labute approximate surface area is 110 Å². The summed E-state index contributed by atoms with van der Waals surface area (Å²) in [7, 11) is 0. The zero-order valence-corrected chi connectivity index (χ0v) is 10.8. The van der Waals surface area contributed by atoms with Crippen molar-refractivity contribution < 1.29 is 14.3 Å². The number of hydrogen-bond acceptors (Lipinski definition) is 3. The van der Waals surface area contributed by atoms with E-state index in [0.29, 0.717) is 22.2 Å². The van der Waals surface area contributed by atoms with Crippen molar-refractivity contribution >= 4 is 16.8 Å². The van der Waals surface area contributed by atoms with Gasteiger partial charge in [0.15, 0.2) is 0 Å².